The van der Waals surface area contributed by atoms with E-state index in [4.69, 9.17) is 15.0 Å². The van der Waals surface area contributed by atoms with Gasteiger partial charge in [-0.05, 0) is 126 Å². The zero-order chi connectivity index (χ0) is 44.0. The first-order chi connectivity index (χ1) is 33.2. The normalized spacial score (nSPS) is 11.9. The van der Waals surface area contributed by atoms with E-state index in [0.29, 0.717) is 0 Å². The van der Waals surface area contributed by atoms with Gasteiger partial charge in [0.05, 0.1) is 39.1 Å². The second-order valence-electron chi connectivity index (χ2n) is 17.6. The van der Waals surface area contributed by atoms with Gasteiger partial charge >= 0.3 is 0 Å². The van der Waals surface area contributed by atoms with Crippen molar-refractivity contribution >= 4 is 86.7 Å². The van der Waals surface area contributed by atoms with Gasteiger partial charge in [-0.1, -0.05) is 158 Å². The number of nitrogens with zero attached hydrogens (tertiary/aromatic N) is 4. The Balaban J connectivity index is 1.09. The van der Waals surface area contributed by atoms with E-state index in [1.165, 1.54) is 76.1 Å². The molecule has 67 heavy (non-hydrogen) atoms. The van der Waals surface area contributed by atoms with Crippen molar-refractivity contribution in [1.29, 1.82) is 0 Å². The van der Waals surface area contributed by atoms with Crippen molar-refractivity contribution in [2.45, 2.75) is 0 Å². The molecule has 4 heterocycles. The average molecular weight is 851 g/mol. The third kappa shape index (κ3) is 5.97. The fourth-order valence-corrected chi connectivity index (χ4v) is 10.6. The molecule has 4 nitrogen and oxygen atoms in total. The van der Waals surface area contributed by atoms with E-state index in [9.17, 15) is 0 Å². The summed E-state index contributed by atoms with van der Waals surface area (Å²) in [5.74, 6) is 0. The van der Waals surface area contributed by atoms with Crippen LogP contribution in [0.5, 0.6) is 0 Å². The Morgan fingerprint density at radius 3 is 1.54 bits per heavy atom. The largest absolute Gasteiger partial charge is 0.309 e. The van der Waals surface area contributed by atoms with E-state index in [-0.39, 0.29) is 0 Å². The summed E-state index contributed by atoms with van der Waals surface area (Å²) in [5, 5.41) is 14.4. The maximum atomic E-state index is 5.48. The molecule has 0 radical (unpaired) electrons. The molecule has 0 aliphatic heterocycles. The summed E-state index contributed by atoms with van der Waals surface area (Å²) in [6.07, 6.45) is 3.73. The van der Waals surface area contributed by atoms with Gasteiger partial charge in [-0.25, -0.2) is 4.98 Å². The number of pyridine rings is 3. The lowest BCUT2D eigenvalue weighted by Gasteiger charge is -2.16. The molecule has 0 saturated heterocycles. The van der Waals surface area contributed by atoms with Crippen LogP contribution in [0.25, 0.3) is 137 Å². The van der Waals surface area contributed by atoms with Gasteiger partial charge in [0.15, 0.2) is 0 Å². The van der Waals surface area contributed by atoms with Gasteiger partial charge in [-0.3, -0.25) is 9.97 Å². The van der Waals surface area contributed by atoms with Gasteiger partial charge in [0.1, 0.15) is 0 Å². The summed E-state index contributed by atoms with van der Waals surface area (Å²) < 4.78 is 2.45. The zero-order valence-electron chi connectivity index (χ0n) is 36.2. The maximum absolute atomic E-state index is 5.48. The Kier molecular flexibility index (Phi) is 8.25. The van der Waals surface area contributed by atoms with Crippen molar-refractivity contribution in [2.75, 3.05) is 0 Å². The summed E-state index contributed by atoms with van der Waals surface area (Å²) in [5.41, 5.74) is 13.5. The lowest BCUT2D eigenvalue weighted by Crippen LogP contribution is -1.99. The third-order valence-corrected chi connectivity index (χ3v) is 13.8. The Hall–Kier alpha value is -8.99. The highest BCUT2D eigenvalue weighted by Gasteiger charge is 2.21. The summed E-state index contributed by atoms with van der Waals surface area (Å²) in [4.78, 5) is 15.3. The van der Waals surface area contributed by atoms with E-state index in [1.54, 1.807) is 0 Å². The van der Waals surface area contributed by atoms with E-state index >= 15 is 0 Å². The molecule has 14 aromatic rings. The van der Waals surface area contributed by atoms with Crippen molar-refractivity contribution in [1.82, 2.24) is 19.5 Å². The van der Waals surface area contributed by atoms with Gasteiger partial charge in [0, 0.05) is 45.1 Å². The van der Waals surface area contributed by atoms with Crippen LogP contribution in [0.1, 0.15) is 0 Å². The Morgan fingerprint density at radius 2 is 0.806 bits per heavy atom. The molecular weight excluding hydrogens is 813 g/mol. The first-order valence-electron chi connectivity index (χ1n) is 22.8. The molecule has 310 valence electrons. The molecule has 4 heteroatoms. The van der Waals surface area contributed by atoms with Crippen molar-refractivity contribution in [3.63, 3.8) is 0 Å². The smallest absolute Gasteiger partial charge is 0.0795 e. The highest BCUT2D eigenvalue weighted by atomic mass is 15.0. The molecule has 14 rings (SSSR count). The quantitative estimate of drug-likeness (QED) is 0.162. The molecule has 4 aromatic heterocycles. The standard InChI is InChI=1S/C63H38N4/c1-2-12-39(13-3-1)45-27-29-60-56(34-45)57-37-54-49-21-7-6-20-48(49)53-33-46(44-25-24-40-14-4-5-15-43(40)32-44)26-28-50(53)55(54)38-61(57)67(60)47-35-58(51-22-8-16-41-18-10-30-64-62(41)51)66-59(36-47)52-23-9-17-42-19-11-31-65-63(42)52/h1-38H. The molecule has 0 fully saturated rings. The molecule has 0 atom stereocenters. The Labute approximate surface area is 385 Å². The van der Waals surface area contributed by atoms with E-state index in [0.717, 1.165) is 61.0 Å². The molecule has 0 aliphatic rings. The van der Waals surface area contributed by atoms with Crippen LogP contribution in [0.15, 0.2) is 231 Å². The minimum Gasteiger partial charge on any atom is -0.309 e. The fourth-order valence-electron chi connectivity index (χ4n) is 10.6. The SMILES string of the molecule is c1ccc(-c2ccc3c(c2)c2cc4c5ccccc5c5cc(-c6ccc7ccccc7c6)ccc5c4cc2n3-c2cc(-c3cccc4cccnc34)nc(-c3cccc4cccnc34)c2)cc1. The summed E-state index contributed by atoms with van der Waals surface area (Å²) in [6.45, 7) is 0. The average Bonchev–Trinajstić information content (AvgIpc) is 3.72. The number of benzene rings is 10. The molecular formula is C63H38N4. The van der Waals surface area contributed by atoms with Gasteiger partial charge in [-0.2, -0.15) is 0 Å². The second-order valence-corrected chi connectivity index (χ2v) is 17.6. The van der Waals surface area contributed by atoms with Gasteiger partial charge in [0.2, 0.25) is 0 Å². The minimum atomic E-state index is 0.846. The van der Waals surface area contributed by atoms with Crippen LogP contribution in [-0.2, 0) is 0 Å². The Bertz CT molecular complexity index is 4230. The topological polar surface area (TPSA) is 43.6 Å². The second kappa shape index (κ2) is 14.8. The fraction of sp³-hybridized carbons (Fsp3) is 0. The number of rotatable bonds is 5. The number of aromatic nitrogens is 4. The number of fused-ring (bicyclic) bond motifs is 12. The van der Waals surface area contributed by atoms with E-state index in [2.05, 4.69) is 211 Å². The number of hydrogen-bond acceptors (Lipinski definition) is 3. The number of para-hydroxylation sites is 2. The zero-order valence-corrected chi connectivity index (χ0v) is 36.2. The molecule has 0 bridgehead atoms. The molecule has 10 aromatic carbocycles. The molecule has 0 aliphatic carbocycles. The molecule has 0 amide bonds. The van der Waals surface area contributed by atoms with Crippen LogP contribution in [0, 0.1) is 0 Å². The Morgan fingerprint density at radius 1 is 0.284 bits per heavy atom. The maximum Gasteiger partial charge on any atom is 0.0795 e. The highest BCUT2D eigenvalue weighted by Crippen LogP contribution is 2.44. The van der Waals surface area contributed by atoms with Gasteiger partial charge in [0.25, 0.3) is 0 Å². The van der Waals surface area contributed by atoms with Crippen molar-refractivity contribution < 1.29 is 0 Å². The van der Waals surface area contributed by atoms with Crippen molar-refractivity contribution in [3.8, 4) is 50.5 Å². The van der Waals surface area contributed by atoms with Crippen LogP contribution in [0.4, 0.5) is 0 Å². The van der Waals surface area contributed by atoms with Crippen LogP contribution in [0.3, 0.4) is 0 Å². The van der Waals surface area contributed by atoms with Crippen LogP contribution in [0.2, 0.25) is 0 Å². The first kappa shape index (κ1) is 37.4. The van der Waals surface area contributed by atoms with Crippen LogP contribution < -0.4 is 0 Å². The van der Waals surface area contributed by atoms with Crippen LogP contribution >= 0.6 is 0 Å². The summed E-state index contributed by atoms with van der Waals surface area (Å²) >= 11 is 0. The minimum absolute atomic E-state index is 0.846. The van der Waals surface area contributed by atoms with E-state index in [1.807, 2.05) is 24.5 Å². The molecule has 0 N–H and O–H groups in total. The van der Waals surface area contributed by atoms with Crippen molar-refractivity contribution in [2.24, 2.45) is 0 Å². The number of hydrogen-bond donors (Lipinski definition) is 0. The molecule has 0 saturated carbocycles. The monoisotopic (exact) mass is 850 g/mol. The summed E-state index contributed by atoms with van der Waals surface area (Å²) in [6, 6.07) is 79.3. The van der Waals surface area contributed by atoms with Gasteiger partial charge < -0.3 is 4.57 Å². The summed E-state index contributed by atoms with van der Waals surface area (Å²) in [7, 11) is 0. The predicted molar refractivity (Wildman–Crippen MR) is 281 cm³/mol. The van der Waals surface area contributed by atoms with Crippen molar-refractivity contribution in [3.05, 3.63) is 231 Å². The lowest BCUT2D eigenvalue weighted by molar-refractivity contribution is 1.16. The third-order valence-electron chi connectivity index (χ3n) is 13.8. The lowest BCUT2D eigenvalue weighted by atomic mass is 9.91. The highest BCUT2D eigenvalue weighted by molar-refractivity contribution is 6.29. The van der Waals surface area contributed by atoms with E-state index < -0.39 is 0 Å². The van der Waals surface area contributed by atoms with Crippen LogP contribution in [-0.4, -0.2) is 19.5 Å². The molecule has 0 spiro atoms. The first-order valence-corrected chi connectivity index (χ1v) is 22.8. The van der Waals surface area contributed by atoms with Gasteiger partial charge in [-0.15, -0.1) is 0 Å². The predicted octanol–water partition coefficient (Wildman–Crippen LogP) is 16.6. The molecule has 0 unspecified atom stereocenters.